The number of hydrogen-bond donors (Lipinski definition) is 2. The van der Waals surface area contributed by atoms with Gasteiger partial charge in [-0.15, -0.1) is 0 Å². The normalized spacial score (nSPS) is 11.9. The van der Waals surface area contributed by atoms with E-state index >= 15 is 0 Å². The largest absolute Gasteiger partial charge is 0.309 e. The number of rotatable bonds is 4. The molecule has 0 saturated carbocycles. The lowest BCUT2D eigenvalue weighted by molar-refractivity contribution is -0.117. The predicted octanol–water partition coefficient (Wildman–Crippen LogP) is 2.88. The first kappa shape index (κ1) is 24.1. The summed E-state index contributed by atoms with van der Waals surface area (Å²) in [6, 6.07) is 9.23. The molecule has 4 aromatic heterocycles. The van der Waals surface area contributed by atoms with Gasteiger partial charge in [0.2, 0.25) is 5.91 Å². The number of benzene rings is 1. The molecule has 186 valence electrons. The van der Waals surface area contributed by atoms with Crippen LogP contribution < -0.4 is 10.6 Å². The van der Waals surface area contributed by atoms with Gasteiger partial charge in [-0.3, -0.25) is 14.2 Å². The lowest BCUT2D eigenvalue weighted by atomic mass is 10.1. The summed E-state index contributed by atoms with van der Waals surface area (Å²) in [5.74, 6) is 7.15. The zero-order chi connectivity index (χ0) is 26.3. The standard InChI is InChI=1S/C27H27N9O/c1-15(28-4)27(37)33-23-13-19(25-24-16(2)35(5)34-26(24)31-17(3)30-25)12-21(32-23)9-7-18-8-10-22-20(11-18)14-29-36(22)6/h8,10-15,28H,1-6H3,(H,32,33,37)/t15-/m1/s1. The second kappa shape index (κ2) is 9.44. The Bertz CT molecular complexity index is 1740. The van der Waals surface area contributed by atoms with Crippen LogP contribution in [0.2, 0.25) is 0 Å². The van der Waals surface area contributed by atoms with E-state index in [0.717, 1.165) is 33.1 Å². The fraction of sp³-hybridized carbons (Fsp3) is 0.259. The van der Waals surface area contributed by atoms with Crippen molar-refractivity contribution in [2.24, 2.45) is 14.1 Å². The van der Waals surface area contributed by atoms with Gasteiger partial charge < -0.3 is 10.6 Å². The van der Waals surface area contributed by atoms with Crippen molar-refractivity contribution in [3.8, 4) is 23.1 Å². The molecule has 0 saturated heterocycles. The maximum absolute atomic E-state index is 12.6. The Morgan fingerprint density at radius 2 is 1.84 bits per heavy atom. The number of aryl methyl sites for hydroxylation is 4. The van der Waals surface area contributed by atoms with Crippen molar-refractivity contribution in [3.05, 3.63) is 59.3 Å². The van der Waals surface area contributed by atoms with E-state index in [0.29, 0.717) is 28.7 Å². The van der Waals surface area contributed by atoms with Crippen LogP contribution in [0.5, 0.6) is 0 Å². The molecule has 0 aliphatic heterocycles. The first-order chi connectivity index (χ1) is 17.7. The molecule has 2 N–H and O–H groups in total. The highest BCUT2D eigenvalue weighted by molar-refractivity contribution is 5.96. The van der Waals surface area contributed by atoms with Crippen LogP contribution in [0.15, 0.2) is 36.5 Å². The summed E-state index contributed by atoms with van der Waals surface area (Å²) in [6.45, 7) is 5.59. The highest BCUT2D eigenvalue weighted by atomic mass is 16.2. The zero-order valence-corrected chi connectivity index (χ0v) is 21.6. The van der Waals surface area contributed by atoms with Crippen molar-refractivity contribution in [2.75, 3.05) is 12.4 Å². The van der Waals surface area contributed by atoms with Crippen LogP contribution in [0.3, 0.4) is 0 Å². The van der Waals surface area contributed by atoms with Crippen LogP contribution in [0, 0.1) is 25.7 Å². The minimum atomic E-state index is -0.389. The van der Waals surface area contributed by atoms with Gasteiger partial charge in [0.15, 0.2) is 5.65 Å². The monoisotopic (exact) mass is 493 g/mol. The third-order valence-electron chi connectivity index (χ3n) is 6.35. The number of amides is 1. The van der Waals surface area contributed by atoms with Gasteiger partial charge in [-0.2, -0.15) is 10.2 Å². The first-order valence-electron chi connectivity index (χ1n) is 11.9. The Balaban J connectivity index is 1.64. The fourth-order valence-corrected chi connectivity index (χ4v) is 4.09. The molecule has 5 rings (SSSR count). The number of pyridine rings is 1. The number of carbonyl (C=O) groups excluding carboxylic acids is 1. The van der Waals surface area contributed by atoms with Gasteiger partial charge in [0.25, 0.3) is 0 Å². The van der Waals surface area contributed by atoms with Crippen LogP contribution in [0.25, 0.3) is 33.2 Å². The summed E-state index contributed by atoms with van der Waals surface area (Å²) in [5, 5.41) is 16.5. The van der Waals surface area contributed by atoms with E-state index in [1.165, 1.54) is 0 Å². The van der Waals surface area contributed by atoms with Gasteiger partial charge in [-0.05, 0) is 64.1 Å². The smallest absolute Gasteiger partial charge is 0.242 e. The Labute approximate surface area is 214 Å². The minimum absolute atomic E-state index is 0.199. The quantitative estimate of drug-likeness (QED) is 0.370. The van der Waals surface area contributed by atoms with Gasteiger partial charge in [0.05, 0.1) is 28.8 Å². The number of anilines is 1. The van der Waals surface area contributed by atoms with Gasteiger partial charge in [-0.25, -0.2) is 15.0 Å². The SMILES string of the molecule is CN[C@H](C)C(=O)Nc1cc(-c2nc(C)nc3nn(C)c(C)c23)cc(C#Cc2ccc3c(cnn3C)c2)n1. The number of carbonyl (C=O) groups is 1. The number of fused-ring (bicyclic) bond motifs is 2. The average molecular weight is 494 g/mol. The molecule has 1 amide bonds. The molecule has 0 unspecified atom stereocenters. The minimum Gasteiger partial charge on any atom is -0.309 e. The molecule has 10 heteroatoms. The highest BCUT2D eigenvalue weighted by Gasteiger charge is 2.18. The summed E-state index contributed by atoms with van der Waals surface area (Å²) in [6.07, 6.45) is 1.81. The van der Waals surface area contributed by atoms with E-state index in [-0.39, 0.29) is 11.9 Å². The lowest BCUT2D eigenvalue weighted by Crippen LogP contribution is -2.35. The molecule has 1 atom stereocenters. The van der Waals surface area contributed by atoms with Crippen molar-refractivity contribution < 1.29 is 4.79 Å². The van der Waals surface area contributed by atoms with Gasteiger partial charge in [0, 0.05) is 36.3 Å². The van der Waals surface area contributed by atoms with Crippen molar-refractivity contribution in [1.29, 1.82) is 0 Å². The zero-order valence-electron chi connectivity index (χ0n) is 21.6. The lowest BCUT2D eigenvalue weighted by Gasteiger charge is -2.12. The van der Waals surface area contributed by atoms with Crippen LogP contribution >= 0.6 is 0 Å². The Hall–Kier alpha value is -4.62. The van der Waals surface area contributed by atoms with E-state index in [9.17, 15) is 4.79 Å². The predicted molar refractivity (Wildman–Crippen MR) is 143 cm³/mol. The second-order valence-corrected chi connectivity index (χ2v) is 8.94. The van der Waals surface area contributed by atoms with Crippen molar-refractivity contribution in [3.63, 3.8) is 0 Å². The Morgan fingerprint density at radius 3 is 2.62 bits per heavy atom. The van der Waals surface area contributed by atoms with Crippen LogP contribution in [-0.2, 0) is 18.9 Å². The Kier molecular flexibility index (Phi) is 6.15. The van der Waals surface area contributed by atoms with Gasteiger partial charge in [-0.1, -0.05) is 5.92 Å². The third kappa shape index (κ3) is 4.64. The summed E-state index contributed by atoms with van der Waals surface area (Å²) < 4.78 is 3.61. The maximum atomic E-state index is 12.6. The molecular weight excluding hydrogens is 466 g/mol. The van der Waals surface area contributed by atoms with E-state index in [1.807, 2.05) is 63.1 Å². The number of likely N-dealkylation sites (N-methyl/N-ethyl adjacent to an activating group) is 1. The molecule has 0 fully saturated rings. The average Bonchev–Trinajstić information content (AvgIpc) is 3.39. The molecule has 0 aliphatic rings. The molecule has 0 radical (unpaired) electrons. The van der Waals surface area contributed by atoms with E-state index < -0.39 is 0 Å². The molecule has 0 bridgehead atoms. The number of hydrogen-bond acceptors (Lipinski definition) is 7. The number of aromatic nitrogens is 7. The molecule has 4 heterocycles. The van der Waals surface area contributed by atoms with Crippen LogP contribution in [-0.4, -0.2) is 53.5 Å². The van der Waals surface area contributed by atoms with Gasteiger partial charge >= 0.3 is 0 Å². The summed E-state index contributed by atoms with van der Waals surface area (Å²) in [4.78, 5) is 26.5. The molecular formula is C27H27N9O. The van der Waals surface area contributed by atoms with Crippen LogP contribution in [0.4, 0.5) is 5.82 Å². The molecule has 0 spiro atoms. The highest BCUT2D eigenvalue weighted by Crippen LogP contribution is 2.30. The number of nitrogens with zero attached hydrogens (tertiary/aromatic N) is 7. The van der Waals surface area contributed by atoms with Crippen molar-refractivity contribution in [1.82, 2.24) is 39.8 Å². The maximum Gasteiger partial charge on any atom is 0.242 e. The summed E-state index contributed by atoms with van der Waals surface area (Å²) >= 11 is 0. The molecule has 1 aromatic carbocycles. The van der Waals surface area contributed by atoms with E-state index in [4.69, 9.17) is 4.98 Å². The van der Waals surface area contributed by atoms with E-state index in [1.54, 1.807) is 24.7 Å². The van der Waals surface area contributed by atoms with Gasteiger partial charge in [0.1, 0.15) is 17.3 Å². The van der Waals surface area contributed by atoms with Crippen LogP contribution in [0.1, 0.15) is 29.7 Å². The van der Waals surface area contributed by atoms with E-state index in [2.05, 4.69) is 42.6 Å². The molecule has 5 aromatic rings. The first-order valence-corrected chi connectivity index (χ1v) is 11.9. The molecule has 37 heavy (non-hydrogen) atoms. The fourth-order valence-electron chi connectivity index (χ4n) is 4.09. The van der Waals surface area contributed by atoms with Crippen molar-refractivity contribution >= 4 is 33.7 Å². The summed E-state index contributed by atoms with van der Waals surface area (Å²) in [7, 11) is 5.52. The molecule has 0 aliphatic carbocycles. The third-order valence-corrected chi connectivity index (χ3v) is 6.35. The second-order valence-electron chi connectivity index (χ2n) is 8.94. The molecule has 10 nitrogen and oxygen atoms in total. The number of nitrogens with one attached hydrogen (secondary N) is 2. The summed E-state index contributed by atoms with van der Waals surface area (Å²) in [5.41, 5.74) is 5.41. The topological polar surface area (TPSA) is 115 Å². The van der Waals surface area contributed by atoms with Crippen molar-refractivity contribution in [2.45, 2.75) is 26.8 Å². The Morgan fingerprint density at radius 1 is 1.03 bits per heavy atom.